The highest BCUT2D eigenvalue weighted by Crippen LogP contribution is 2.34. The number of nitrogens with zero attached hydrogens (tertiary/aromatic N) is 1. The van der Waals surface area contributed by atoms with Gasteiger partial charge in [-0.1, -0.05) is 18.2 Å². The molecule has 0 aromatic heterocycles. The Morgan fingerprint density at radius 2 is 2.12 bits per heavy atom. The minimum atomic E-state index is -3.16. The fourth-order valence-electron chi connectivity index (χ4n) is 2.28. The van der Waals surface area contributed by atoms with E-state index < -0.39 is 10.0 Å². The second kappa shape index (κ2) is 4.66. The highest BCUT2D eigenvalue weighted by Gasteiger charge is 2.29. The van der Waals surface area contributed by atoms with E-state index in [9.17, 15) is 8.42 Å². The Morgan fingerprint density at radius 3 is 2.76 bits per heavy atom. The molecule has 0 saturated heterocycles. The van der Waals surface area contributed by atoms with Gasteiger partial charge in [0.15, 0.2) is 0 Å². The van der Waals surface area contributed by atoms with E-state index in [-0.39, 0.29) is 11.8 Å². The normalized spacial score (nSPS) is 20.1. The maximum Gasteiger partial charge on any atom is 0.234 e. The molecule has 1 aromatic carbocycles. The first-order valence-electron chi connectivity index (χ1n) is 5.86. The van der Waals surface area contributed by atoms with Gasteiger partial charge in [0, 0.05) is 12.6 Å². The molecule has 1 heterocycles. The third-order valence-corrected chi connectivity index (χ3v) is 5.03. The molecular formula is C12H18N2O2S. The predicted octanol–water partition coefficient (Wildman–Crippen LogP) is 1.51. The van der Waals surface area contributed by atoms with Gasteiger partial charge in [-0.2, -0.15) is 0 Å². The number of para-hydroxylation sites is 1. The fraction of sp³-hybridized carbons (Fsp3) is 0.500. The highest BCUT2D eigenvalue weighted by atomic mass is 32.2. The first-order valence-corrected chi connectivity index (χ1v) is 7.47. The Bertz CT molecular complexity index is 499. The lowest BCUT2D eigenvalue weighted by Crippen LogP contribution is -2.39. The summed E-state index contributed by atoms with van der Waals surface area (Å²) in [4.78, 5) is 0. The minimum Gasteiger partial charge on any atom is -0.313 e. The van der Waals surface area contributed by atoms with Crippen LogP contribution in [-0.4, -0.2) is 27.8 Å². The van der Waals surface area contributed by atoms with Crippen molar-refractivity contribution in [3.8, 4) is 0 Å². The first-order chi connectivity index (χ1) is 8.10. The molecule has 1 atom stereocenters. The Labute approximate surface area is 103 Å². The van der Waals surface area contributed by atoms with Gasteiger partial charge in [-0.15, -0.1) is 0 Å². The summed E-state index contributed by atoms with van der Waals surface area (Å²) in [7, 11) is -1.25. The van der Waals surface area contributed by atoms with Gasteiger partial charge in [-0.05, 0) is 32.0 Å². The lowest BCUT2D eigenvalue weighted by molar-refractivity contribution is 0.529. The summed E-state index contributed by atoms with van der Waals surface area (Å²) < 4.78 is 25.6. The highest BCUT2D eigenvalue weighted by molar-refractivity contribution is 7.92. The molecule has 5 heteroatoms. The van der Waals surface area contributed by atoms with E-state index in [1.54, 1.807) is 6.92 Å². The van der Waals surface area contributed by atoms with Gasteiger partial charge in [-0.3, -0.25) is 4.31 Å². The van der Waals surface area contributed by atoms with Crippen LogP contribution in [0, 0.1) is 0 Å². The molecule has 1 aliphatic heterocycles. The van der Waals surface area contributed by atoms with E-state index in [2.05, 4.69) is 5.32 Å². The summed E-state index contributed by atoms with van der Waals surface area (Å²) in [6.07, 6.45) is 0.812. The second-order valence-electron chi connectivity index (χ2n) is 4.16. The molecule has 0 amide bonds. The summed E-state index contributed by atoms with van der Waals surface area (Å²) in [6, 6.07) is 7.95. The van der Waals surface area contributed by atoms with Gasteiger partial charge in [0.2, 0.25) is 10.0 Å². The van der Waals surface area contributed by atoms with E-state index in [0.717, 1.165) is 17.7 Å². The van der Waals surface area contributed by atoms with E-state index in [1.807, 2.05) is 31.3 Å². The molecule has 0 fully saturated rings. The van der Waals surface area contributed by atoms with Crippen molar-refractivity contribution in [3.05, 3.63) is 29.8 Å². The van der Waals surface area contributed by atoms with Crippen molar-refractivity contribution in [1.29, 1.82) is 0 Å². The zero-order chi connectivity index (χ0) is 12.5. The van der Waals surface area contributed by atoms with Crippen LogP contribution < -0.4 is 9.62 Å². The van der Waals surface area contributed by atoms with Crippen LogP contribution in [0.4, 0.5) is 5.69 Å². The van der Waals surface area contributed by atoms with Gasteiger partial charge in [0.25, 0.3) is 0 Å². The summed E-state index contributed by atoms with van der Waals surface area (Å²) in [5.74, 6) is 0.144. The number of anilines is 1. The van der Waals surface area contributed by atoms with Crippen molar-refractivity contribution in [3.63, 3.8) is 0 Å². The van der Waals surface area contributed by atoms with Crippen LogP contribution in [0.3, 0.4) is 0 Å². The third-order valence-electron chi connectivity index (χ3n) is 3.25. The van der Waals surface area contributed by atoms with Crippen LogP contribution in [0.5, 0.6) is 0 Å². The molecule has 1 aromatic rings. The van der Waals surface area contributed by atoms with Gasteiger partial charge < -0.3 is 5.32 Å². The van der Waals surface area contributed by atoms with Gasteiger partial charge >= 0.3 is 0 Å². The number of nitrogens with one attached hydrogen (secondary N) is 1. The van der Waals surface area contributed by atoms with Gasteiger partial charge in [0.1, 0.15) is 0 Å². The Morgan fingerprint density at radius 1 is 1.41 bits per heavy atom. The van der Waals surface area contributed by atoms with E-state index in [0.29, 0.717) is 6.54 Å². The molecular weight excluding hydrogens is 236 g/mol. The van der Waals surface area contributed by atoms with Gasteiger partial charge in [0.05, 0.1) is 11.4 Å². The lowest BCUT2D eigenvalue weighted by Gasteiger charge is -2.34. The largest absolute Gasteiger partial charge is 0.313 e. The Hall–Kier alpha value is -1.07. The predicted molar refractivity (Wildman–Crippen MR) is 69.7 cm³/mol. The molecule has 17 heavy (non-hydrogen) atoms. The number of hydrogen-bond donors (Lipinski definition) is 1. The molecule has 1 N–H and O–H groups in total. The summed E-state index contributed by atoms with van der Waals surface area (Å²) in [6.45, 7) is 2.24. The van der Waals surface area contributed by atoms with Crippen molar-refractivity contribution < 1.29 is 8.42 Å². The van der Waals surface area contributed by atoms with Crippen molar-refractivity contribution in [2.24, 2.45) is 0 Å². The summed E-state index contributed by atoms with van der Waals surface area (Å²) in [5, 5.41) is 3.23. The number of fused-ring (bicyclic) bond motifs is 1. The monoisotopic (exact) mass is 254 g/mol. The van der Waals surface area contributed by atoms with Crippen LogP contribution in [0.25, 0.3) is 0 Å². The van der Waals surface area contributed by atoms with Crippen molar-refractivity contribution >= 4 is 15.7 Å². The van der Waals surface area contributed by atoms with Crippen molar-refractivity contribution in [2.45, 2.75) is 19.4 Å². The van der Waals surface area contributed by atoms with Crippen LogP contribution in [0.15, 0.2) is 24.3 Å². The first kappa shape index (κ1) is 12.4. The van der Waals surface area contributed by atoms with Gasteiger partial charge in [-0.25, -0.2) is 8.42 Å². The molecule has 0 aliphatic carbocycles. The zero-order valence-electron chi connectivity index (χ0n) is 10.2. The average molecular weight is 254 g/mol. The molecule has 1 aliphatic rings. The van der Waals surface area contributed by atoms with Crippen molar-refractivity contribution in [1.82, 2.24) is 5.32 Å². The number of sulfonamides is 1. The van der Waals surface area contributed by atoms with E-state index >= 15 is 0 Å². The molecule has 2 rings (SSSR count). The smallest absolute Gasteiger partial charge is 0.234 e. The standard InChI is InChI=1S/C12H18N2O2S/c1-3-17(15,16)14-9-8-11(13-2)10-6-4-5-7-12(10)14/h4-7,11,13H,3,8-9H2,1-2H3. The van der Waals surface area contributed by atoms with Crippen LogP contribution in [0.1, 0.15) is 24.9 Å². The quantitative estimate of drug-likeness (QED) is 0.889. The molecule has 0 bridgehead atoms. The van der Waals surface area contributed by atoms with Crippen LogP contribution in [-0.2, 0) is 10.0 Å². The van der Waals surface area contributed by atoms with Crippen LogP contribution >= 0.6 is 0 Å². The van der Waals surface area contributed by atoms with E-state index in [4.69, 9.17) is 0 Å². The maximum atomic E-state index is 12.0. The minimum absolute atomic E-state index is 0.144. The summed E-state index contributed by atoms with van der Waals surface area (Å²) in [5.41, 5.74) is 1.89. The topological polar surface area (TPSA) is 49.4 Å². The molecule has 94 valence electrons. The van der Waals surface area contributed by atoms with Crippen LogP contribution in [0.2, 0.25) is 0 Å². The fourth-order valence-corrected chi connectivity index (χ4v) is 3.44. The third kappa shape index (κ3) is 2.17. The lowest BCUT2D eigenvalue weighted by atomic mass is 9.98. The average Bonchev–Trinajstić information content (AvgIpc) is 2.37. The number of benzene rings is 1. The SMILES string of the molecule is CCS(=O)(=O)N1CCC(NC)c2ccccc21. The maximum absolute atomic E-state index is 12.0. The van der Waals surface area contributed by atoms with Crippen molar-refractivity contribution in [2.75, 3.05) is 23.7 Å². The molecule has 0 spiro atoms. The molecule has 1 unspecified atom stereocenters. The zero-order valence-corrected chi connectivity index (χ0v) is 11.0. The molecule has 0 radical (unpaired) electrons. The Kier molecular flexibility index (Phi) is 3.40. The Balaban J connectivity index is 2.48. The molecule has 0 saturated carbocycles. The van der Waals surface area contributed by atoms with E-state index in [1.165, 1.54) is 4.31 Å². The molecule has 4 nitrogen and oxygen atoms in total. The second-order valence-corrected chi connectivity index (χ2v) is 6.34. The number of hydrogen-bond acceptors (Lipinski definition) is 3. The number of rotatable bonds is 3. The summed E-state index contributed by atoms with van der Waals surface area (Å²) >= 11 is 0.